The van der Waals surface area contributed by atoms with Crippen molar-refractivity contribution in [3.63, 3.8) is 0 Å². The summed E-state index contributed by atoms with van der Waals surface area (Å²) >= 11 is 0. The van der Waals surface area contributed by atoms with Gasteiger partial charge in [-0.15, -0.1) is 6.58 Å². The number of nitrogens with one attached hydrogen (secondary N) is 1. The van der Waals surface area contributed by atoms with E-state index in [0.717, 1.165) is 49.2 Å². The number of likely N-dealkylation sites (tertiary alicyclic amines) is 1. The van der Waals surface area contributed by atoms with Gasteiger partial charge in [-0.3, -0.25) is 9.88 Å². The van der Waals surface area contributed by atoms with E-state index in [4.69, 9.17) is 11.1 Å². The number of nitrogens with zero attached hydrogens (tertiary/aromatic N) is 2. The van der Waals surface area contributed by atoms with Crippen molar-refractivity contribution in [2.75, 3.05) is 18.8 Å². The van der Waals surface area contributed by atoms with Crippen LogP contribution in [0.25, 0.3) is 0 Å². The molecule has 1 aromatic rings. The van der Waals surface area contributed by atoms with Crippen LogP contribution in [0, 0.1) is 23.2 Å². The van der Waals surface area contributed by atoms with Crippen LogP contribution in [0.4, 0.5) is 5.69 Å². The molecule has 35 heavy (non-hydrogen) atoms. The maximum absolute atomic E-state index is 10.9. The lowest BCUT2D eigenvalue weighted by Gasteiger charge is -2.28. The van der Waals surface area contributed by atoms with Crippen molar-refractivity contribution in [3.8, 4) is 0 Å². The molecular weight excluding hydrogens is 432 g/mol. The second-order valence-electron chi connectivity index (χ2n) is 10.6. The van der Waals surface area contributed by atoms with Gasteiger partial charge in [-0.25, -0.2) is 0 Å². The Bertz CT molecular complexity index is 988. The molecule has 2 fully saturated rings. The fourth-order valence-electron chi connectivity index (χ4n) is 6.11. The highest BCUT2D eigenvalue weighted by molar-refractivity contribution is 6.03. The van der Waals surface area contributed by atoms with Crippen LogP contribution in [0.2, 0.25) is 0 Å². The van der Waals surface area contributed by atoms with Gasteiger partial charge in [0.1, 0.15) is 6.23 Å². The summed E-state index contributed by atoms with van der Waals surface area (Å²) < 4.78 is 0. The van der Waals surface area contributed by atoms with Crippen molar-refractivity contribution in [1.29, 1.82) is 5.41 Å². The molecule has 4 rings (SSSR count). The van der Waals surface area contributed by atoms with E-state index >= 15 is 0 Å². The van der Waals surface area contributed by atoms with E-state index in [1.54, 1.807) is 12.3 Å². The number of aliphatic hydroxyl groups excluding tert-OH is 1. The monoisotopic (exact) mass is 474 g/mol. The molecule has 5 nitrogen and oxygen atoms in total. The van der Waals surface area contributed by atoms with Crippen molar-refractivity contribution in [2.24, 2.45) is 17.8 Å². The molecule has 2 heterocycles. The smallest absolute Gasteiger partial charge is 0.107 e. The standard InChI is InChI=1S/C30H42N4O/c1-3-22(23-9-5-4-6-10-23)19-28-30(27(32)14-16-33-28)26(31)12-13-29(35)34-17-15-25(20-34)24-11-7-8-21(2)18-24/h3,7,11,14,16,18,22-23,25,29,31,35H,1-2,4-6,8-10,12-13,15,17,19-20H2,(H2,32,33). The number of hydrogen-bond acceptors (Lipinski definition) is 5. The van der Waals surface area contributed by atoms with Crippen molar-refractivity contribution in [2.45, 2.75) is 70.4 Å². The van der Waals surface area contributed by atoms with Crippen LogP contribution in [0.15, 0.2) is 60.9 Å². The van der Waals surface area contributed by atoms with E-state index in [9.17, 15) is 5.11 Å². The second-order valence-corrected chi connectivity index (χ2v) is 10.6. The molecule has 0 amide bonds. The van der Waals surface area contributed by atoms with Crippen molar-refractivity contribution >= 4 is 11.4 Å². The molecule has 3 atom stereocenters. The van der Waals surface area contributed by atoms with Gasteiger partial charge in [0.15, 0.2) is 0 Å². The Morgan fingerprint density at radius 2 is 2.09 bits per heavy atom. The van der Waals surface area contributed by atoms with E-state index < -0.39 is 6.23 Å². The van der Waals surface area contributed by atoms with Crippen LogP contribution < -0.4 is 5.73 Å². The highest BCUT2D eigenvalue weighted by Crippen LogP contribution is 2.34. The number of aromatic nitrogens is 1. The molecule has 188 valence electrons. The van der Waals surface area contributed by atoms with Crippen LogP contribution in [0.1, 0.15) is 69.0 Å². The number of rotatable bonds is 10. The molecule has 3 aliphatic rings. The summed E-state index contributed by atoms with van der Waals surface area (Å²) in [4.78, 5) is 6.80. The van der Waals surface area contributed by atoms with Crippen LogP contribution in [0.3, 0.4) is 0 Å². The van der Waals surface area contributed by atoms with Gasteiger partial charge >= 0.3 is 0 Å². The second kappa shape index (κ2) is 12.0. The summed E-state index contributed by atoms with van der Waals surface area (Å²) in [5, 5.41) is 19.8. The van der Waals surface area contributed by atoms with Gasteiger partial charge in [0.05, 0.1) is 5.69 Å². The molecule has 1 aliphatic heterocycles. The minimum absolute atomic E-state index is 0.363. The molecule has 0 radical (unpaired) electrons. The fraction of sp³-hybridized carbons (Fsp3) is 0.533. The average Bonchev–Trinajstić information content (AvgIpc) is 3.37. The Kier molecular flexibility index (Phi) is 8.74. The van der Waals surface area contributed by atoms with E-state index in [2.05, 4.69) is 47.3 Å². The SMILES string of the molecule is C=CC(Cc1nccc(N)c1C(=N)CCC(O)N1CCC(C2=CC(=C)CC=C2)C1)C1CCCCC1. The minimum Gasteiger partial charge on any atom is -0.398 e. The van der Waals surface area contributed by atoms with Crippen molar-refractivity contribution in [3.05, 3.63) is 72.1 Å². The van der Waals surface area contributed by atoms with E-state index in [-0.39, 0.29) is 0 Å². The Labute approximate surface area is 211 Å². The molecule has 1 saturated heterocycles. The Morgan fingerprint density at radius 3 is 2.83 bits per heavy atom. The first-order valence-corrected chi connectivity index (χ1v) is 13.4. The zero-order chi connectivity index (χ0) is 24.8. The summed E-state index contributed by atoms with van der Waals surface area (Å²) in [5.41, 5.74) is 11.6. The number of nitrogen functional groups attached to an aromatic ring is 1. The van der Waals surface area contributed by atoms with Gasteiger partial charge in [-0.1, -0.05) is 55.7 Å². The number of anilines is 1. The third-order valence-corrected chi connectivity index (χ3v) is 8.18. The number of pyridine rings is 1. The van der Waals surface area contributed by atoms with Gasteiger partial charge in [-0.05, 0) is 74.3 Å². The van der Waals surface area contributed by atoms with Crippen LogP contribution in [0.5, 0.6) is 0 Å². The van der Waals surface area contributed by atoms with Crippen molar-refractivity contribution in [1.82, 2.24) is 9.88 Å². The molecule has 4 N–H and O–H groups in total. The quantitative estimate of drug-likeness (QED) is 0.295. The van der Waals surface area contributed by atoms with Crippen LogP contribution >= 0.6 is 0 Å². The lowest BCUT2D eigenvalue weighted by Crippen LogP contribution is -2.34. The van der Waals surface area contributed by atoms with E-state index in [1.807, 2.05) is 0 Å². The van der Waals surface area contributed by atoms with Crippen LogP contribution in [-0.2, 0) is 6.42 Å². The lowest BCUT2D eigenvalue weighted by molar-refractivity contribution is 0.0140. The van der Waals surface area contributed by atoms with Crippen molar-refractivity contribution < 1.29 is 5.11 Å². The minimum atomic E-state index is -0.554. The van der Waals surface area contributed by atoms with Gasteiger partial charge in [0.2, 0.25) is 0 Å². The Balaban J connectivity index is 1.36. The largest absolute Gasteiger partial charge is 0.398 e. The van der Waals surface area contributed by atoms with Gasteiger partial charge in [0, 0.05) is 36.2 Å². The summed E-state index contributed by atoms with van der Waals surface area (Å²) in [5.74, 6) is 1.44. The van der Waals surface area contributed by atoms with E-state index in [1.165, 1.54) is 37.7 Å². The number of nitrogens with two attached hydrogens (primary N) is 1. The molecular formula is C30H42N4O. The summed E-state index contributed by atoms with van der Waals surface area (Å²) in [6.07, 6.45) is 20.0. The van der Waals surface area contributed by atoms with E-state index in [0.29, 0.717) is 42.0 Å². The first-order chi connectivity index (χ1) is 17.0. The highest BCUT2D eigenvalue weighted by Gasteiger charge is 2.30. The Morgan fingerprint density at radius 1 is 1.29 bits per heavy atom. The zero-order valence-corrected chi connectivity index (χ0v) is 21.1. The highest BCUT2D eigenvalue weighted by atomic mass is 16.3. The maximum atomic E-state index is 10.9. The topological polar surface area (TPSA) is 86.2 Å². The molecule has 1 saturated carbocycles. The average molecular weight is 475 g/mol. The van der Waals surface area contributed by atoms with Crippen LogP contribution in [-0.4, -0.2) is 40.0 Å². The summed E-state index contributed by atoms with van der Waals surface area (Å²) in [7, 11) is 0. The number of aliphatic hydroxyl groups is 1. The van der Waals surface area contributed by atoms with Gasteiger partial charge in [-0.2, -0.15) is 0 Å². The van der Waals surface area contributed by atoms with Gasteiger partial charge in [0.25, 0.3) is 0 Å². The molecule has 5 heteroatoms. The lowest BCUT2D eigenvalue weighted by atomic mass is 9.77. The molecule has 0 aromatic carbocycles. The Hall–Kier alpha value is -2.50. The summed E-state index contributed by atoms with van der Waals surface area (Å²) in [6, 6.07) is 1.79. The molecule has 3 unspecified atom stereocenters. The molecule has 0 spiro atoms. The maximum Gasteiger partial charge on any atom is 0.107 e. The summed E-state index contributed by atoms with van der Waals surface area (Å²) in [6.45, 7) is 9.93. The fourth-order valence-corrected chi connectivity index (χ4v) is 6.11. The first kappa shape index (κ1) is 25.6. The predicted molar refractivity (Wildman–Crippen MR) is 145 cm³/mol. The van der Waals surface area contributed by atoms with Gasteiger partial charge < -0.3 is 16.2 Å². The third kappa shape index (κ3) is 6.39. The first-order valence-electron chi connectivity index (χ1n) is 13.4. The molecule has 1 aromatic heterocycles. The number of hydrogen-bond donors (Lipinski definition) is 3. The zero-order valence-electron chi connectivity index (χ0n) is 21.1. The number of allylic oxidation sites excluding steroid dienone is 5. The molecule has 0 bridgehead atoms. The normalized spacial score (nSPS) is 23.2. The predicted octanol–water partition coefficient (Wildman–Crippen LogP) is 5.82. The molecule has 2 aliphatic carbocycles. The third-order valence-electron chi connectivity index (χ3n) is 8.18.